The lowest BCUT2D eigenvalue weighted by Gasteiger charge is -2.19. The lowest BCUT2D eigenvalue weighted by molar-refractivity contribution is -0.119. The number of hydrogen-bond acceptors (Lipinski definition) is 9. The van der Waals surface area contributed by atoms with Crippen LogP contribution in [0.25, 0.3) is 0 Å². The van der Waals surface area contributed by atoms with Gasteiger partial charge in [-0.2, -0.15) is 0 Å². The highest BCUT2D eigenvalue weighted by Crippen LogP contribution is 2.30. The van der Waals surface area contributed by atoms with Crippen molar-refractivity contribution in [2.24, 2.45) is 11.8 Å². The summed E-state index contributed by atoms with van der Waals surface area (Å²) < 4.78 is 22.8. The molecule has 0 heterocycles. The van der Waals surface area contributed by atoms with Crippen LogP contribution in [0.5, 0.6) is 23.0 Å². The molecule has 9 heteroatoms. The Bertz CT molecular complexity index is 1070. The van der Waals surface area contributed by atoms with Gasteiger partial charge in [-0.3, -0.25) is 4.79 Å². The fourth-order valence-corrected chi connectivity index (χ4v) is 5.06. The van der Waals surface area contributed by atoms with Crippen LogP contribution in [-0.2, 0) is 17.6 Å². The number of aliphatic hydroxyl groups is 2. The van der Waals surface area contributed by atoms with Crippen LogP contribution in [0.4, 0.5) is 0 Å². The number of ether oxygens (including phenoxy) is 4. The molecule has 0 saturated carbocycles. The molecule has 0 radical (unpaired) electrons. The summed E-state index contributed by atoms with van der Waals surface area (Å²) in [5.41, 5.74) is 2.08. The first-order chi connectivity index (χ1) is 21.9. The first-order valence-electron chi connectivity index (χ1n) is 16.8. The summed E-state index contributed by atoms with van der Waals surface area (Å²) in [5, 5.41) is 27.1. The molecule has 0 fully saturated rings. The van der Waals surface area contributed by atoms with E-state index in [2.05, 4.69) is 24.5 Å². The summed E-state index contributed by atoms with van der Waals surface area (Å²) in [4.78, 5) is 12.9. The first kappa shape index (κ1) is 39.3. The molecule has 46 heavy (non-hydrogen) atoms. The van der Waals surface area contributed by atoms with E-state index in [4.69, 9.17) is 18.9 Å². The van der Waals surface area contributed by atoms with Crippen molar-refractivity contribution in [1.82, 2.24) is 10.6 Å². The van der Waals surface area contributed by atoms with E-state index < -0.39 is 12.2 Å². The number of rotatable bonds is 24. The number of Topliss-reactive ketones (excluding diaryl/α,β-unsaturated/α-hetero) is 1. The Morgan fingerprint density at radius 3 is 1.41 bits per heavy atom. The third-order valence-corrected chi connectivity index (χ3v) is 7.90. The maximum absolute atomic E-state index is 12.9. The van der Waals surface area contributed by atoms with E-state index >= 15 is 0 Å². The monoisotopic (exact) mass is 644 g/mol. The predicted molar refractivity (Wildman–Crippen MR) is 184 cm³/mol. The minimum atomic E-state index is -0.618. The largest absolute Gasteiger partial charge is 0.497 e. The van der Waals surface area contributed by atoms with E-state index in [0.717, 1.165) is 36.8 Å². The van der Waals surface area contributed by atoms with Crippen molar-refractivity contribution in [1.29, 1.82) is 0 Å². The van der Waals surface area contributed by atoms with Crippen molar-refractivity contribution in [3.8, 4) is 23.0 Å². The Hall–Kier alpha value is -2.85. The Labute approximate surface area is 277 Å². The van der Waals surface area contributed by atoms with Gasteiger partial charge in [-0.1, -0.05) is 53.7 Å². The Morgan fingerprint density at radius 1 is 0.674 bits per heavy atom. The number of hydrogen-bond donors (Lipinski definition) is 4. The number of carbonyl (C=O) groups excluding carboxylic acids is 1. The van der Waals surface area contributed by atoms with E-state index in [-0.39, 0.29) is 42.9 Å². The summed E-state index contributed by atoms with van der Waals surface area (Å²) in [6.07, 6.45) is 2.98. The molecule has 260 valence electrons. The maximum Gasteiger partial charge on any atom is 0.132 e. The van der Waals surface area contributed by atoms with Gasteiger partial charge in [-0.25, -0.2) is 0 Å². The molecular weight excluding hydrogens is 584 g/mol. The van der Waals surface area contributed by atoms with Crippen molar-refractivity contribution < 1.29 is 34.0 Å². The normalized spacial score (nSPS) is 14.2. The average Bonchev–Trinajstić information content (AvgIpc) is 3.03. The maximum atomic E-state index is 12.9. The second-order valence-electron chi connectivity index (χ2n) is 13.2. The van der Waals surface area contributed by atoms with E-state index in [1.165, 1.54) is 0 Å². The average molecular weight is 645 g/mol. The fourth-order valence-electron chi connectivity index (χ4n) is 5.06. The van der Waals surface area contributed by atoms with Crippen molar-refractivity contribution in [3.05, 3.63) is 47.5 Å². The van der Waals surface area contributed by atoms with Gasteiger partial charge >= 0.3 is 0 Å². The second-order valence-corrected chi connectivity index (χ2v) is 13.2. The molecule has 0 bridgehead atoms. The molecule has 0 aromatic heterocycles. The second kappa shape index (κ2) is 21.1. The van der Waals surface area contributed by atoms with Gasteiger partial charge in [-0.05, 0) is 60.8 Å². The molecule has 0 spiro atoms. The first-order valence-corrected chi connectivity index (χ1v) is 16.8. The zero-order valence-corrected chi connectivity index (χ0v) is 29.4. The lowest BCUT2D eigenvalue weighted by Crippen LogP contribution is -2.35. The molecule has 0 aliphatic rings. The van der Waals surface area contributed by atoms with E-state index in [9.17, 15) is 15.0 Å². The van der Waals surface area contributed by atoms with Gasteiger partial charge in [0.05, 0.1) is 14.2 Å². The molecule has 0 amide bonds. The Kier molecular flexibility index (Phi) is 18.0. The molecule has 2 aromatic carbocycles. The van der Waals surface area contributed by atoms with Crippen molar-refractivity contribution >= 4 is 5.78 Å². The van der Waals surface area contributed by atoms with Crippen LogP contribution >= 0.6 is 0 Å². The van der Waals surface area contributed by atoms with Crippen LogP contribution in [0.2, 0.25) is 0 Å². The SMILES string of the molecule is COc1ccc(C[C@H](C)CCC(=O)CC[C@@H](C)Cc2ccc(OC)cc2OC[C@H](O)CNC(C)C)c(OC[C@H](O)CNC(C)C)c1. The van der Waals surface area contributed by atoms with Crippen LogP contribution in [0.1, 0.15) is 78.4 Å². The smallest absolute Gasteiger partial charge is 0.132 e. The van der Waals surface area contributed by atoms with Gasteiger partial charge < -0.3 is 39.8 Å². The summed E-state index contributed by atoms with van der Waals surface area (Å²) >= 11 is 0. The molecule has 0 aliphatic carbocycles. The van der Waals surface area contributed by atoms with E-state index in [0.29, 0.717) is 48.9 Å². The molecular formula is C37H60N2O7. The van der Waals surface area contributed by atoms with Gasteiger partial charge in [0.25, 0.3) is 0 Å². The van der Waals surface area contributed by atoms with Gasteiger partial charge in [0.15, 0.2) is 0 Å². The fraction of sp³-hybridized carbons (Fsp3) is 0.649. The van der Waals surface area contributed by atoms with Gasteiger partial charge in [-0.15, -0.1) is 0 Å². The molecule has 4 atom stereocenters. The van der Waals surface area contributed by atoms with Crippen molar-refractivity contribution in [3.63, 3.8) is 0 Å². The Balaban J connectivity index is 1.85. The zero-order chi connectivity index (χ0) is 34.1. The van der Waals surface area contributed by atoms with E-state index in [1.54, 1.807) is 14.2 Å². The summed E-state index contributed by atoms with van der Waals surface area (Å²) in [7, 11) is 3.25. The zero-order valence-electron chi connectivity index (χ0n) is 29.4. The number of carbonyl (C=O) groups is 1. The van der Waals surface area contributed by atoms with Crippen LogP contribution < -0.4 is 29.6 Å². The van der Waals surface area contributed by atoms with Gasteiger partial charge in [0, 0.05) is 50.1 Å². The molecule has 2 aromatic rings. The molecule has 0 saturated heterocycles. The highest BCUT2D eigenvalue weighted by Gasteiger charge is 2.17. The van der Waals surface area contributed by atoms with Gasteiger partial charge in [0.1, 0.15) is 54.2 Å². The highest BCUT2D eigenvalue weighted by atomic mass is 16.5. The van der Waals surface area contributed by atoms with Crippen LogP contribution in [0.3, 0.4) is 0 Å². The number of aliphatic hydroxyl groups excluding tert-OH is 2. The van der Waals surface area contributed by atoms with Crippen molar-refractivity contribution in [2.75, 3.05) is 40.5 Å². The molecule has 0 unspecified atom stereocenters. The summed E-state index contributed by atoms with van der Waals surface area (Å²) in [6, 6.07) is 12.2. The highest BCUT2D eigenvalue weighted by molar-refractivity contribution is 5.78. The van der Waals surface area contributed by atoms with Crippen LogP contribution in [0, 0.1) is 11.8 Å². The number of nitrogens with one attached hydrogen (secondary N) is 2. The number of benzene rings is 2. The molecule has 4 N–H and O–H groups in total. The van der Waals surface area contributed by atoms with E-state index in [1.807, 2.05) is 64.1 Å². The van der Waals surface area contributed by atoms with Crippen LogP contribution in [-0.4, -0.2) is 80.8 Å². The molecule has 0 aliphatic heterocycles. The van der Waals surface area contributed by atoms with Crippen molar-refractivity contribution in [2.45, 2.75) is 104 Å². The topological polar surface area (TPSA) is 119 Å². The standard InChI is InChI=1S/C37H60N2O7/c1-25(2)38-21-32(41)23-45-36-19-34(43-7)15-11-29(36)17-27(5)9-13-31(40)14-10-28(6)18-30-12-16-35(44-8)20-37(30)46-24-33(42)22-39-26(3)4/h11-12,15-16,19-20,25-28,32-33,38-39,41-42H,9-10,13-14,17-18,21-24H2,1-8H3/t27-,28-,32-,33-/m1/s1. The quantitative estimate of drug-likeness (QED) is 0.120. The predicted octanol–water partition coefficient (Wildman–Crippen LogP) is 5.37. The Morgan fingerprint density at radius 2 is 1.07 bits per heavy atom. The minimum Gasteiger partial charge on any atom is -0.497 e. The summed E-state index contributed by atoms with van der Waals surface area (Å²) in [5.74, 6) is 3.67. The molecule has 9 nitrogen and oxygen atoms in total. The third kappa shape index (κ3) is 15.6. The summed E-state index contributed by atoms with van der Waals surface area (Å²) in [6.45, 7) is 13.8. The number of ketones is 1. The molecule has 2 rings (SSSR count). The van der Waals surface area contributed by atoms with Gasteiger partial charge in [0.2, 0.25) is 0 Å². The minimum absolute atomic E-state index is 0.187. The third-order valence-electron chi connectivity index (χ3n) is 7.90. The van der Waals surface area contributed by atoms with Crippen LogP contribution in [0.15, 0.2) is 36.4 Å². The lowest BCUT2D eigenvalue weighted by atomic mass is 9.91. The number of methoxy groups -OCH3 is 2.